The molecule has 0 radical (unpaired) electrons. The van der Waals surface area contributed by atoms with Gasteiger partial charge in [-0.1, -0.05) is 11.6 Å². The zero-order chi connectivity index (χ0) is 13.3. The van der Waals surface area contributed by atoms with Crippen molar-refractivity contribution < 1.29 is 19.1 Å². The third-order valence-corrected chi connectivity index (χ3v) is 2.61. The number of benzene rings is 1. The van der Waals surface area contributed by atoms with Crippen molar-refractivity contribution in [1.29, 1.82) is 0 Å². The number of carbonyl (C=O) groups excluding carboxylic acids is 1. The van der Waals surface area contributed by atoms with Gasteiger partial charge in [-0.3, -0.25) is 9.59 Å². The number of aryl methyl sites for hydroxylation is 1. The van der Waals surface area contributed by atoms with Gasteiger partial charge in [0.05, 0.1) is 0 Å². The Bertz CT molecular complexity index is 614. The number of carboxylic acids is 1. The number of rotatable bonds is 3. The molecule has 2 N–H and O–H groups in total. The number of carbonyl (C=O) groups is 2. The van der Waals surface area contributed by atoms with Gasteiger partial charge in [-0.05, 0) is 32.0 Å². The Labute approximate surface area is 103 Å². The molecule has 2 aromatic rings. The SMILES string of the molecule is Cc1ccc2oc(C(=O)N[C@@H](C)C(=O)O)cc2c1. The van der Waals surface area contributed by atoms with Gasteiger partial charge >= 0.3 is 5.97 Å². The summed E-state index contributed by atoms with van der Waals surface area (Å²) in [7, 11) is 0. The molecule has 0 aliphatic rings. The number of carboxylic acid groups (broad SMARTS) is 1. The maximum atomic E-state index is 11.7. The first kappa shape index (κ1) is 12.2. The molecule has 1 aromatic carbocycles. The van der Waals surface area contributed by atoms with E-state index in [0.717, 1.165) is 10.9 Å². The molecule has 0 bridgehead atoms. The zero-order valence-electron chi connectivity index (χ0n) is 10.1. The Balaban J connectivity index is 2.26. The predicted octanol–water partition coefficient (Wildman–Crippen LogP) is 1.94. The largest absolute Gasteiger partial charge is 0.480 e. The summed E-state index contributed by atoms with van der Waals surface area (Å²) in [6.07, 6.45) is 0. The fourth-order valence-corrected chi connectivity index (χ4v) is 1.60. The number of aliphatic carboxylic acids is 1. The van der Waals surface area contributed by atoms with Crippen molar-refractivity contribution in [3.63, 3.8) is 0 Å². The molecule has 1 aromatic heterocycles. The molecular weight excluding hydrogens is 234 g/mol. The molecule has 5 nitrogen and oxygen atoms in total. The van der Waals surface area contributed by atoms with Crippen molar-refractivity contribution in [2.24, 2.45) is 0 Å². The van der Waals surface area contributed by atoms with Crippen molar-refractivity contribution in [3.05, 3.63) is 35.6 Å². The highest BCUT2D eigenvalue weighted by Gasteiger charge is 2.18. The summed E-state index contributed by atoms with van der Waals surface area (Å²) in [6, 6.07) is 6.21. The maximum Gasteiger partial charge on any atom is 0.325 e. The van der Waals surface area contributed by atoms with E-state index in [1.165, 1.54) is 6.92 Å². The van der Waals surface area contributed by atoms with Gasteiger partial charge in [0, 0.05) is 5.39 Å². The number of fused-ring (bicyclic) bond motifs is 1. The number of furan rings is 1. The first-order valence-corrected chi connectivity index (χ1v) is 5.51. The van der Waals surface area contributed by atoms with Crippen LogP contribution in [0, 0.1) is 6.92 Å². The topological polar surface area (TPSA) is 79.5 Å². The van der Waals surface area contributed by atoms with Gasteiger partial charge in [0.15, 0.2) is 5.76 Å². The Morgan fingerprint density at radius 1 is 1.33 bits per heavy atom. The average Bonchev–Trinajstić information content (AvgIpc) is 2.71. The molecule has 1 heterocycles. The van der Waals surface area contributed by atoms with Crippen molar-refractivity contribution in [2.45, 2.75) is 19.9 Å². The molecule has 0 saturated carbocycles. The third kappa shape index (κ3) is 2.34. The van der Waals surface area contributed by atoms with Crippen LogP contribution >= 0.6 is 0 Å². The molecule has 0 spiro atoms. The van der Waals surface area contributed by atoms with Gasteiger partial charge in [-0.15, -0.1) is 0 Å². The van der Waals surface area contributed by atoms with Crippen LogP contribution in [0.5, 0.6) is 0 Å². The van der Waals surface area contributed by atoms with Crippen LogP contribution in [-0.4, -0.2) is 23.0 Å². The second-order valence-electron chi connectivity index (χ2n) is 4.19. The number of hydrogen-bond acceptors (Lipinski definition) is 3. The lowest BCUT2D eigenvalue weighted by Gasteiger charge is -2.06. The zero-order valence-corrected chi connectivity index (χ0v) is 10.1. The van der Waals surface area contributed by atoms with Crippen LogP contribution in [0.4, 0.5) is 0 Å². The Morgan fingerprint density at radius 3 is 2.72 bits per heavy atom. The summed E-state index contributed by atoms with van der Waals surface area (Å²) in [5.74, 6) is -1.50. The van der Waals surface area contributed by atoms with E-state index in [9.17, 15) is 9.59 Å². The number of amides is 1. The van der Waals surface area contributed by atoms with Crippen LogP contribution in [0.25, 0.3) is 11.0 Å². The highest BCUT2D eigenvalue weighted by molar-refractivity contribution is 5.97. The summed E-state index contributed by atoms with van der Waals surface area (Å²) in [5.41, 5.74) is 1.67. The lowest BCUT2D eigenvalue weighted by Crippen LogP contribution is -2.38. The van der Waals surface area contributed by atoms with Crippen LogP contribution in [0.1, 0.15) is 23.0 Å². The molecule has 0 aliphatic carbocycles. The van der Waals surface area contributed by atoms with E-state index in [1.807, 2.05) is 19.1 Å². The highest BCUT2D eigenvalue weighted by Crippen LogP contribution is 2.20. The fraction of sp³-hybridized carbons (Fsp3) is 0.231. The van der Waals surface area contributed by atoms with Gasteiger partial charge in [0.2, 0.25) is 0 Å². The van der Waals surface area contributed by atoms with E-state index in [-0.39, 0.29) is 5.76 Å². The number of hydrogen-bond donors (Lipinski definition) is 2. The summed E-state index contributed by atoms with van der Waals surface area (Å²) in [4.78, 5) is 22.4. The normalized spacial score (nSPS) is 12.3. The molecule has 2 rings (SSSR count). The minimum atomic E-state index is -1.09. The van der Waals surface area contributed by atoms with Crippen LogP contribution in [0.2, 0.25) is 0 Å². The van der Waals surface area contributed by atoms with Gasteiger partial charge in [0.1, 0.15) is 11.6 Å². The molecule has 0 saturated heterocycles. The molecular formula is C13H13NO4. The van der Waals surface area contributed by atoms with E-state index >= 15 is 0 Å². The first-order valence-electron chi connectivity index (χ1n) is 5.51. The van der Waals surface area contributed by atoms with Crippen LogP contribution in [-0.2, 0) is 4.79 Å². The molecule has 5 heteroatoms. The van der Waals surface area contributed by atoms with Gasteiger partial charge in [-0.2, -0.15) is 0 Å². The molecule has 1 atom stereocenters. The van der Waals surface area contributed by atoms with Crippen LogP contribution in [0.3, 0.4) is 0 Å². The van der Waals surface area contributed by atoms with Crippen molar-refractivity contribution in [1.82, 2.24) is 5.32 Å². The summed E-state index contributed by atoms with van der Waals surface area (Å²) in [5, 5.41) is 11.9. The molecule has 0 unspecified atom stereocenters. The minimum Gasteiger partial charge on any atom is -0.480 e. The van der Waals surface area contributed by atoms with Crippen molar-refractivity contribution in [2.75, 3.05) is 0 Å². The van der Waals surface area contributed by atoms with Gasteiger partial charge in [-0.25, -0.2) is 0 Å². The van der Waals surface area contributed by atoms with Crippen LogP contribution in [0.15, 0.2) is 28.7 Å². The lowest BCUT2D eigenvalue weighted by atomic mass is 10.2. The Hall–Kier alpha value is -2.30. The summed E-state index contributed by atoms with van der Waals surface area (Å²) < 4.78 is 5.36. The van der Waals surface area contributed by atoms with E-state index < -0.39 is 17.9 Å². The standard InChI is InChI=1S/C13H13NO4/c1-7-3-4-10-9(5-7)6-11(18-10)12(15)14-8(2)13(16)17/h3-6,8H,1-2H3,(H,14,15)(H,16,17)/t8-/m0/s1. The maximum absolute atomic E-state index is 11.7. The van der Waals surface area contributed by atoms with Gasteiger partial charge in [0.25, 0.3) is 5.91 Å². The van der Waals surface area contributed by atoms with Gasteiger partial charge < -0.3 is 14.8 Å². The smallest absolute Gasteiger partial charge is 0.325 e. The first-order chi connectivity index (χ1) is 8.47. The Kier molecular flexibility index (Phi) is 3.06. The second-order valence-corrected chi connectivity index (χ2v) is 4.19. The molecule has 94 valence electrons. The minimum absolute atomic E-state index is 0.115. The van der Waals surface area contributed by atoms with E-state index in [0.29, 0.717) is 5.58 Å². The molecule has 0 aliphatic heterocycles. The molecule has 0 fully saturated rings. The van der Waals surface area contributed by atoms with E-state index in [4.69, 9.17) is 9.52 Å². The van der Waals surface area contributed by atoms with E-state index in [1.54, 1.807) is 12.1 Å². The summed E-state index contributed by atoms with van der Waals surface area (Å²) >= 11 is 0. The molecule has 18 heavy (non-hydrogen) atoms. The Morgan fingerprint density at radius 2 is 2.06 bits per heavy atom. The fourth-order valence-electron chi connectivity index (χ4n) is 1.60. The highest BCUT2D eigenvalue weighted by atomic mass is 16.4. The van der Waals surface area contributed by atoms with E-state index in [2.05, 4.69) is 5.32 Å². The number of nitrogens with one attached hydrogen (secondary N) is 1. The van der Waals surface area contributed by atoms with Crippen LogP contribution < -0.4 is 5.32 Å². The average molecular weight is 247 g/mol. The lowest BCUT2D eigenvalue weighted by molar-refractivity contribution is -0.138. The van der Waals surface area contributed by atoms with Crippen molar-refractivity contribution >= 4 is 22.8 Å². The third-order valence-electron chi connectivity index (χ3n) is 2.61. The second kappa shape index (κ2) is 4.52. The molecule has 1 amide bonds. The monoisotopic (exact) mass is 247 g/mol. The summed E-state index contributed by atoms with van der Waals surface area (Å²) in [6.45, 7) is 3.34. The quantitative estimate of drug-likeness (QED) is 0.868. The van der Waals surface area contributed by atoms with Crippen molar-refractivity contribution in [3.8, 4) is 0 Å². The predicted molar refractivity (Wildman–Crippen MR) is 65.5 cm³/mol.